The normalized spacial score (nSPS) is 13.0. The van der Waals surface area contributed by atoms with Gasteiger partial charge in [0, 0.05) is 11.8 Å². The first-order valence-electron chi connectivity index (χ1n) is 9.43. The van der Waals surface area contributed by atoms with Gasteiger partial charge in [-0.3, -0.25) is 4.98 Å². The molecule has 0 spiro atoms. The quantitative estimate of drug-likeness (QED) is 0.488. The molecular formula is C26H23N. The summed E-state index contributed by atoms with van der Waals surface area (Å²) in [6, 6.07) is 17.0. The minimum Gasteiger partial charge on any atom is -0.256 e. The molecule has 0 radical (unpaired) electrons. The molecule has 0 aliphatic heterocycles. The molecule has 1 aliphatic carbocycles. The van der Waals surface area contributed by atoms with Crippen molar-refractivity contribution in [2.24, 2.45) is 0 Å². The van der Waals surface area contributed by atoms with Crippen LogP contribution in [0.4, 0.5) is 0 Å². The first kappa shape index (κ1) is 17.2. The highest BCUT2D eigenvalue weighted by Gasteiger charge is 2.14. The smallest absolute Gasteiger partial charge is 0.0702 e. The lowest BCUT2D eigenvalue weighted by molar-refractivity contribution is 1.33. The number of nitrogens with zero attached hydrogens (tertiary/aromatic N) is 1. The average molecular weight is 349 g/mol. The van der Waals surface area contributed by atoms with Crippen molar-refractivity contribution in [3.63, 3.8) is 0 Å². The van der Waals surface area contributed by atoms with Crippen LogP contribution in [0.25, 0.3) is 40.6 Å². The highest BCUT2D eigenvalue weighted by molar-refractivity contribution is 5.87. The van der Waals surface area contributed by atoms with E-state index in [1.54, 1.807) is 0 Å². The van der Waals surface area contributed by atoms with Crippen LogP contribution in [0, 0.1) is 6.92 Å². The van der Waals surface area contributed by atoms with Crippen molar-refractivity contribution in [3.8, 4) is 22.4 Å². The highest BCUT2D eigenvalue weighted by Crippen LogP contribution is 2.36. The van der Waals surface area contributed by atoms with Gasteiger partial charge in [0.05, 0.1) is 5.69 Å². The SMILES string of the molecule is C/C=C\c1cc(-c2cccc(-c3ccccn3)c2)c2c(c1C)C=CCC=C2. The molecule has 1 nitrogen and oxygen atoms in total. The van der Waals surface area contributed by atoms with Gasteiger partial charge in [-0.1, -0.05) is 60.7 Å². The number of hydrogen-bond acceptors (Lipinski definition) is 1. The molecule has 0 atom stereocenters. The predicted octanol–water partition coefficient (Wildman–Crippen LogP) is 7.19. The maximum absolute atomic E-state index is 4.51. The van der Waals surface area contributed by atoms with E-state index < -0.39 is 0 Å². The number of benzene rings is 2. The van der Waals surface area contributed by atoms with Gasteiger partial charge in [0.1, 0.15) is 0 Å². The number of hydrogen-bond donors (Lipinski definition) is 0. The molecule has 0 amide bonds. The van der Waals surface area contributed by atoms with Crippen molar-refractivity contribution in [1.29, 1.82) is 0 Å². The molecule has 0 N–H and O–H groups in total. The fraction of sp³-hybridized carbons (Fsp3) is 0.115. The second-order valence-corrected chi connectivity index (χ2v) is 6.80. The van der Waals surface area contributed by atoms with Crippen LogP contribution in [-0.4, -0.2) is 4.98 Å². The number of fused-ring (bicyclic) bond motifs is 1. The average Bonchev–Trinajstić information content (AvgIpc) is 2.97. The van der Waals surface area contributed by atoms with Crippen LogP contribution in [0.2, 0.25) is 0 Å². The first-order valence-corrected chi connectivity index (χ1v) is 9.43. The Morgan fingerprint density at radius 1 is 0.889 bits per heavy atom. The van der Waals surface area contributed by atoms with Gasteiger partial charge in [0.15, 0.2) is 0 Å². The van der Waals surface area contributed by atoms with E-state index in [-0.39, 0.29) is 0 Å². The molecule has 4 rings (SSSR count). The summed E-state index contributed by atoms with van der Waals surface area (Å²) in [5.74, 6) is 0. The number of aromatic nitrogens is 1. The largest absolute Gasteiger partial charge is 0.256 e. The monoisotopic (exact) mass is 349 g/mol. The third kappa shape index (κ3) is 3.41. The van der Waals surface area contributed by atoms with E-state index >= 15 is 0 Å². The van der Waals surface area contributed by atoms with Crippen LogP contribution in [0.5, 0.6) is 0 Å². The van der Waals surface area contributed by atoms with Gasteiger partial charge in [0.2, 0.25) is 0 Å². The molecule has 1 aromatic heterocycles. The predicted molar refractivity (Wildman–Crippen MR) is 117 cm³/mol. The van der Waals surface area contributed by atoms with E-state index in [1.807, 2.05) is 18.3 Å². The van der Waals surface area contributed by atoms with Gasteiger partial charge in [-0.25, -0.2) is 0 Å². The van der Waals surface area contributed by atoms with Crippen molar-refractivity contribution in [1.82, 2.24) is 4.98 Å². The van der Waals surface area contributed by atoms with Crippen LogP contribution in [0.15, 0.2) is 73.0 Å². The summed E-state index contributed by atoms with van der Waals surface area (Å²) in [5, 5.41) is 0. The number of allylic oxidation sites excluding steroid dienone is 3. The Hall–Kier alpha value is -3.19. The molecule has 0 fully saturated rings. The Labute approximate surface area is 161 Å². The molecule has 2 aromatic carbocycles. The van der Waals surface area contributed by atoms with Crippen molar-refractivity contribution >= 4 is 18.2 Å². The second-order valence-electron chi connectivity index (χ2n) is 6.80. The van der Waals surface area contributed by atoms with Gasteiger partial charge in [0.25, 0.3) is 0 Å². The fourth-order valence-electron chi connectivity index (χ4n) is 3.66. The molecule has 3 aromatic rings. The summed E-state index contributed by atoms with van der Waals surface area (Å²) >= 11 is 0. The number of pyridine rings is 1. The lowest BCUT2D eigenvalue weighted by Crippen LogP contribution is -1.95. The van der Waals surface area contributed by atoms with Crippen molar-refractivity contribution in [2.75, 3.05) is 0 Å². The summed E-state index contributed by atoms with van der Waals surface area (Å²) in [5.41, 5.74) is 9.85. The zero-order valence-corrected chi connectivity index (χ0v) is 15.8. The van der Waals surface area contributed by atoms with E-state index in [2.05, 4.69) is 91.7 Å². The summed E-state index contributed by atoms with van der Waals surface area (Å²) in [6.45, 7) is 4.29. The van der Waals surface area contributed by atoms with E-state index in [0.717, 1.165) is 17.7 Å². The Kier molecular flexibility index (Phi) is 4.84. The topological polar surface area (TPSA) is 12.9 Å². The van der Waals surface area contributed by atoms with Crippen molar-refractivity contribution < 1.29 is 0 Å². The first-order chi connectivity index (χ1) is 13.3. The Balaban J connectivity index is 1.94. The molecule has 0 unspecified atom stereocenters. The Bertz CT molecular complexity index is 1050. The lowest BCUT2D eigenvalue weighted by Gasteiger charge is -2.16. The molecule has 132 valence electrons. The molecule has 1 heteroatoms. The maximum atomic E-state index is 4.51. The molecule has 0 saturated carbocycles. The van der Waals surface area contributed by atoms with Crippen LogP contribution < -0.4 is 0 Å². The van der Waals surface area contributed by atoms with Crippen LogP contribution in [0.1, 0.15) is 35.6 Å². The summed E-state index contributed by atoms with van der Waals surface area (Å²) < 4.78 is 0. The van der Waals surface area contributed by atoms with E-state index in [1.165, 1.54) is 33.4 Å². The summed E-state index contributed by atoms with van der Waals surface area (Å²) in [4.78, 5) is 4.51. The summed E-state index contributed by atoms with van der Waals surface area (Å²) in [6.07, 6.45) is 16.1. The van der Waals surface area contributed by atoms with Crippen molar-refractivity contribution in [2.45, 2.75) is 20.3 Å². The van der Waals surface area contributed by atoms with Gasteiger partial charge in [-0.15, -0.1) is 0 Å². The maximum Gasteiger partial charge on any atom is 0.0702 e. The zero-order valence-electron chi connectivity index (χ0n) is 15.8. The van der Waals surface area contributed by atoms with E-state index in [4.69, 9.17) is 0 Å². The highest BCUT2D eigenvalue weighted by atomic mass is 14.7. The van der Waals surface area contributed by atoms with Gasteiger partial charge in [-0.05, 0) is 77.9 Å². The lowest BCUT2D eigenvalue weighted by atomic mass is 9.88. The molecule has 1 aliphatic rings. The molecular weight excluding hydrogens is 326 g/mol. The van der Waals surface area contributed by atoms with Gasteiger partial charge < -0.3 is 0 Å². The second kappa shape index (κ2) is 7.59. The Morgan fingerprint density at radius 2 is 1.70 bits per heavy atom. The fourth-order valence-corrected chi connectivity index (χ4v) is 3.66. The molecule has 0 saturated heterocycles. The van der Waals surface area contributed by atoms with Crippen LogP contribution in [0.3, 0.4) is 0 Å². The molecule has 0 bridgehead atoms. The van der Waals surface area contributed by atoms with Crippen LogP contribution >= 0.6 is 0 Å². The molecule has 1 heterocycles. The minimum absolute atomic E-state index is 0.973. The zero-order chi connectivity index (χ0) is 18.6. The van der Waals surface area contributed by atoms with Crippen LogP contribution in [-0.2, 0) is 0 Å². The third-order valence-corrected chi connectivity index (χ3v) is 5.04. The van der Waals surface area contributed by atoms with E-state index in [0.29, 0.717) is 0 Å². The Morgan fingerprint density at radius 3 is 2.48 bits per heavy atom. The van der Waals surface area contributed by atoms with Gasteiger partial charge >= 0.3 is 0 Å². The third-order valence-electron chi connectivity index (χ3n) is 5.04. The van der Waals surface area contributed by atoms with Gasteiger partial charge in [-0.2, -0.15) is 0 Å². The van der Waals surface area contributed by atoms with E-state index in [9.17, 15) is 0 Å². The standard InChI is InChI=1S/C26H23N/c1-3-10-20-18-25(24-14-6-4-5-13-23(24)19(20)2)21-11-9-12-22(17-21)26-15-7-8-16-27-26/h3,5-18H,4H2,1-2H3/b10-3-. The summed E-state index contributed by atoms with van der Waals surface area (Å²) in [7, 11) is 0. The minimum atomic E-state index is 0.973. The molecule has 27 heavy (non-hydrogen) atoms. The number of rotatable bonds is 3. The van der Waals surface area contributed by atoms with Crippen molar-refractivity contribution in [3.05, 3.63) is 95.2 Å².